The van der Waals surface area contributed by atoms with Gasteiger partial charge in [0.15, 0.2) is 0 Å². The molecule has 0 radical (unpaired) electrons. The summed E-state index contributed by atoms with van der Waals surface area (Å²) in [6.45, 7) is 0. The Morgan fingerprint density at radius 1 is 0.955 bits per heavy atom. The smallest absolute Gasteiger partial charge is 0.0991 e. The molecule has 0 spiro atoms. The van der Waals surface area contributed by atoms with E-state index in [1.54, 1.807) is 6.08 Å². The van der Waals surface area contributed by atoms with E-state index in [4.69, 9.17) is 10.5 Å². The van der Waals surface area contributed by atoms with Gasteiger partial charge in [-0.15, -0.1) is 0 Å². The minimum Gasteiger partial charge on any atom is -0.193 e. The van der Waals surface area contributed by atoms with Gasteiger partial charge in [-0.05, 0) is 55.2 Å². The summed E-state index contributed by atoms with van der Waals surface area (Å²) in [6, 6.07) is 12.2. The van der Waals surface area contributed by atoms with Crippen molar-refractivity contribution >= 4 is 0 Å². The summed E-state index contributed by atoms with van der Waals surface area (Å²) in [5.41, 5.74) is 2.09. The number of benzene rings is 1. The molecule has 0 N–H and O–H groups in total. The number of allylic oxidation sites excluding steroid dienone is 2. The summed E-state index contributed by atoms with van der Waals surface area (Å²) in [4.78, 5) is 0. The molecule has 2 rings (SSSR count). The molecule has 1 aromatic carbocycles. The predicted molar refractivity (Wildman–Crippen MR) is 88.9 cm³/mol. The summed E-state index contributed by atoms with van der Waals surface area (Å²) < 4.78 is 0. The maximum absolute atomic E-state index is 8.81. The van der Waals surface area contributed by atoms with E-state index in [9.17, 15) is 0 Å². The van der Waals surface area contributed by atoms with Crippen molar-refractivity contribution in [2.24, 2.45) is 11.8 Å². The van der Waals surface area contributed by atoms with Gasteiger partial charge in [-0.3, -0.25) is 0 Å². The molecule has 22 heavy (non-hydrogen) atoms. The third-order valence-corrected chi connectivity index (χ3v) is 4.82. The van der Waals surface area contributed by atoms with Crippen LogP contribution in [0.15, 0.2) is 36.4 Å². The SMILES string of the molecule is N#CC=CCCC1CCC(CCc2ccc(C#N)cc2)CC1. The van der Waals surface area contributed by atoms with Crippen LogP contribution in [0.1, 0.15) is 56.1 Å². The number of hydrogen-bond acceptors (Lipinski definition) is 2. The van der Waals surface area contributed by atoms with Crippen molar-refractivity contribution in [3.8, 4) is 12.1 Å². The Labute approximate surface area is 134 Å². The van der Waals surface area contributed by atoms with Crippen molar-refractivity contribution in [3.05, 3.63) is 47.5 Å². The third kappa shape index (κ3) is 5.38. The van der Waals surface area contributed by atoms with Crippen LogP contribution in [0.2, 0.25) is 0 Å². The standard InChI is InChI=1S/C20H24N2/c21-15-3-1-2-4-17-5-7-18(8-6-17)9-10-19-11-13-20(16-22)14-12-19/h1,3,11-14,17-18H,2,4-10H2. The first-order valence-electron chi connectivity index (χ1n) is 8.35. The van der Waals surface area contributed by atoms with Gasteiger partial charge in [-0.25, -0.2) is 0 Å². The van der Waals surface area contributed by atoms with E-state index in [1.165, 1.54) is 44.1 Å². The number of nitrogens with zero attached hydrogens (tertiary/aromatic N) is 2. The van der Waals surface area contributed by atoms with Gasteiger partial charge in [0.1, 0.15) is 0 Å². The lowest BCUT2D eigenvalue weighted by Gasteiger charge is -2.28. The lowest BCUT2D eigenvalue weighted by molar-refractivity contribution is 0.254. The Bertz CT molecular complexity index is 549. The summed E-state index contributed by atoms with van der Waals surface area (Å²) in [6.07, 6.45) is 13.7. The van der Waals surface area contributed by atoms with Crippen molar-refractivity contribution < 1.29 is 0 Å². The van der Waals surface area contributed by atoms with Gasteiger partial charge in [0.2, 0.25) is 0 Å². The molecule has 1 saturated carbocycles. The van der Waals surface area contributed by atoms with E-state index >= 15 is 0 Å². The van der Waals surface area contributed by atoms with Crippen LogP contribution < -0.4 is 0 Å². The van der Waals surface area contributed by atoms with Crippen LogP contribution in [0.5, 0.6) is 0 Å². The summed E-state index contributed by atoms with van der Waals surface area (Å²) in [7, 11) is 0. The van der Waals surface area contributed by atoms with Crippen LogP contribution in [0.3, 0.4) is 0 Å². The fraction of sp³-hybridized carbons (Fsp3) is 0.500. The van der Waals surface area contributed by atoms with Crippen molar-refractivity contribution in [1.82, 2.24) is 0 Å². The molecule has 1 fully saturated rings. The van der Waals surface area contributed by atoms with Gasteiger partial charge in [-0.1, -0.05) is 43.9 Å². The lowest BCUT2D eigenvalue weighted by Crippen LogP contribution is -2.15. The molecule has 1 aliphatic carbocycles. The first-order chi connectivity index (χ1) is 10.8. The van der Waals surface area contributed by atoms with Crippen LogP contribution in [0.4, 0.5) is 0 Å². The molecule has 0 unspecified atom stereocenters. The Kier molecular flexibility index (Phi) is 6.72. The second kappa shape index (κ2) is 9.06. The van der Waals surface area contributed by atoms with E-state index in [1.807, 2.05) is 18.2 Å². The monoisotopic (exact) mass is 292 g/mol. The molecule has 1 aliphatic rings. The molecule has 0 saturated heterocycles. The molecule has 0 atom stereocenters. The van der Waals surface area contributed by atoms with Gasteiger partial charge in [-0.2, -0.15) is 10.5 Å². The molecule has 0 aliphatic heterocycles. The van der Waals surface area contributed by atoms with Crippen molar-refractivity contribution in [2.45, 2.75) is 51.4 Å². The molecule has 0 amide bonds. The van der Waals surface area contributed by atoms with Crippen LogP contribution >= 0.6 is 0 Å². The van der Waals surface area contributed by atoms with E-state index in [0.29, 0.717) is 0 Å². The molecule has 0 heterocycles. The van der Waals surface area contributed by atoms with E-state index in [0.717, 1.165) is 30.2 Å². The number of aryl methyl sites for hydroxylation is 1. The summed E-state index contributed by atoms with van der Waals surface area (Å²) in [5.74, 6) is 1.72. The molecule has 0 aromatic heterocycles. The minimum atomic E-state index is 0.745. The first-order valence-corrected chi connectivity index (χ1v) is 8.35. The summed E-state index contributed by atoms with van der Waals surface area (Å²) in [5, 5.41) is 17.3. The van der Waals surface area contributed by atoms with Gasteiger partial charge in [0.05, 0.1) is 17.7 Å². The fourth-order valence-electron chi connectivity index (χ4n) is 3.39. The topological polar surface area (TPSA) is 47.6 Å². The molecule has 2 heteroatoms. The van der Waals surface area contributed by atoms with Crippen LogP contribution in [-0.4, -0.2) is 0 Å². The van der Waals surface area contributed by atoms with Crippen LogP contribution in [-0.2, 0) is 6.42 Å². The maximum Gasteiger partial charge on any atom is 0.0991 e. The Morgan fingerprint density at radius 2 is 1.59 bits per heavy atom. The normalized spacial score (nSPS) is 21.4. The zero-order chi connectivity index (χ0) is 15.6. The highest BCUT2D eigenvalue weighted by atomic mass is 14.3. The van der Waals surface area contributed by atoms with E-state index in [2.05, 4.69) is 24.3 Å². The zero-order valence-corrected chi connectivity index (χ0v) is 13.2. The Hall–Kier alpha value is -2.06. The Balaban J connectivity index is 1.66. The molecule has 2 nitrogen and oxygen atoms in total. The third-order valence-electron chi connectivity index (χ3n) is 4.82. The van der Waals surface area contributed by atoms with Crippen molar-refractivity contribution in [3.63, 3.8) is 0 Å². The highest BCUT2D eigenvalue weighted by Crippen LogP contribution is 2.33. The average Bonchev–Trinajstić information content (AvgIpc) is 2.58. The highest BCUT2D eigenvalue weighted by Gasteiger charge is 2.20. The number of nitriles is 2. The number of rotatable bonds is 6. The van der Waals surface area contributed by atoms with Gasteiger partial charge in [0, 0.05) is 6.08 Å². The second-order valence-electron chi connectivity index (χ2n) is 6.34. The quantitative estimate of drug-likeness (QED) is 0.680. The van der Waals surface area contributed by atoms with Gasteiger partial charge >= 0.3 is 0 Å². The molecule has 114 valence electrons. The lowest BCUT2D eigenvalue weighted by atomic mass is 9.78. The zero-order valence-electron chi connectivity index (χ0n) is 13.2. The Morgan fingerprint density at radius 3 is 2.18 bits per heavy atom. The molecule has 0 bridgehead atoms. The van der Waals surface area contributed by atoms with E-state index < -0.39 is 0 Å². The highest BCUT2D eigenvalue weighted by molar-refractivity contribution is 5.31. The average molecular weight is 292 g/mol. The molecule has 1 aromatic rings. The largest absolute Gasteiger partial charge is 0.193 e. The predicted octanol–water partition coefficient (Wildman–Crippen LogP) is 5.16. The van der Waals surface area contributed by atoms with Crippen molar-refractivity contribution in [1.29, 1.82) is 10.5 Å². The maximum atomic E-state index is 8.81. The van der Waals surface area contributed by atoms with Gasteiger partial charge in [0.25, 0.3) is 0 Å². The molecular formula is C20H24N2. The van der Waals surface area contributed by atoms with Crippen molar-refractivity contribution in [2.75, 3.05) is 0 Å². The fourth-order valence-corrected chi connectivity index (χ4v) is 3.39. The second-order valence-corrected chi connectivity index (χ2v) is 6.34. The number of hydrogen-bond donors (Lipinski definition) is 0. The van der Waals surface area contributed by atoms with E-state index in [-0.39, 0.29) is 0 Å². The molecular weight excluding hydrogens is 268 g/mol. The van der Waals surface area contributed by atoms with Crippen LogP contribution in [0, 0.1) is 34.5 Å². The van der Waals surface area contributed by atoms with Gasteiger partial charge < -0.3 is 0 Å². The first kappa shape index (κ1) is 16.3. The van der Waals surface area contributed by atoms with Crippen LogP contribution in [0.25, 0.3) is 0 Å². The minimum absolute atomic E-state index is 0.745. The summed E-state index contributed by atoms with van der Waals surface area (Å²) >= 11 is 0.